The van der Waals surface area contributed by atoms with E-state index in [0.717, 1.165) is 0 Å². The first-order valence-electron chi connectivity index (χ1n) is 6.16. The lowest BCUT2D eigenvalue weighted by Crippen LogP contribution is -2.45. The Bertz CT molecular complexity index is 696. The molecule has 0 aromatic heterocycles. The number of benzene rings is 1. The fourth-order valence-electron chi connectivity index (χ4n) is 1.82. The number of hydrogen-bond acceptors (Lipinski definition) is 5. The molecule has 0 bridgehead atoms. The van der Waals surface area contributed by atoms with Gasteiger partial charge in [0.1, 0.15) is 11.8 Å². The van der Waals surface area contributed by atoms with Crippen molar-refractivity contribution in [2.45, 2.75) is 19.4 Å². The Hall–Kier alpha value is -2.26. The molecule has 0 radical (unpaired) electrons. The summed E-state index contributed by atoms with van der Waals surface area (Å²) >= 11 is 0. The van der Waals surface area contributed by atoms with E-state index in [-0.39, 0.29) is 12.2 Å². The molecule has 9 heteroatoms. The number of rotatable bonds is 7. The van der Waals surface area contributed by atoms with E-state index in [1.807, 2.05) is 5.32 Å². The maximum atomic E-state index is 11.8. The number of carboxylic acid groups (broad SMARTS) is 1. The van der Waals surface area contributed by atoms with Crippen molar-refractivity contribution in [2.24, 2.45) is 0 Å². The Labute approximate surface area is 126 Å². The van der Waals surface area contributed by atoms with Crippen LogP contribution in [0.3, 0.4) is 0 Å². The molecule has 1 unspecified atom stereocenters. The maximum Gasteiger partial charge on any atom is 0.327 e. The summed E-state index contributed by atoms with van der Waals surface area (Å²) in [6, 6.07) is 4.53. The molecule has 1 aromatic rings. The van der Waals surface area contributed by atoms with Gasteiger partial charge in [0.15, 0.2) is 5.78 Å². The summed E-state index contributed by atoms with van der Waals surface area (Å²) in [5.74, 6) is -3.76. The number of carbonyl (C=O) groups is 3. The zero-order valence-electron chi connectivity index (χ0n) is 11.6. The third-order valence-corrected chi connectivity index (χ3v) is 3.51. The number of nitrogens with one attached hydrogen (secondary N) is 1. The van der Waals surface area contributed by atoms with Crippen molar-refractivity contribution in [3.8, 4) is 0 Å². The molecule has 22 heavy (non-hydrogen) atoms. The van der Waals surface area contributed by atoms with E-state index in [1.165, 1.54) is 19.1 Å². The van der Waals surface area contributed by atoms with Crippen LogP contribution in [0.1, 0.15) is 22.8 Å². The van der Waals surface area contributed by atoms with Crippen molar-refractivity contribution in [2.75, 3.05) is 5.75 Å². The van der Waals surface area contributed by atoms with Crippen LogP contribution in [-0.2, 0) is 26.1 Å². The summed E-state index contributed by atoms with van der Waals surface area (Å²) in [6.07, 6.45) is -0.287. The van der Waals surface area contributed by atoms with Crippen LogP contribution in [0, 0.1) is 0 Å². The van der Waals surface area contributed by atoms with E-state index >= 15 is 0 Å². The molecule has 1 rings (SSSR count). The fraction of sp³-hybridized carbons (Fsp3) is 0.308. The second-order valence-electron chi connectivity index (χ2n) is 4.60. The number of ketones is 1. The topological polar surface area (TPSA) is 138 Å². The Morgan fingerprint density at radius 1 is 1.23 bits per heavy atom. The molecule has 8 nitrogen and oxygen atoms in total. The van der Waals surface area contributed by atoms with Gasteiger partial charge in [-0.15, -0.1) is 0 Å². The Morgan fingerprint density at radius 2 is 1.82 bits per heavy atom. The Morgan fingerprint density at radius 3 is 2.32 bits per heavy atom. The zero-order chi connectivity index (χ0) is 16.9. The van der Waals surface area contributed by atoms with E-state index in [9.17, 15) is 22.8 Å². The van der Waals surface area contributed by atoms with Crippen LogP contribution in [0.2, 0.25) is 0 Å². The van der Waals surface area contributed by atoms with E-state index in [4.69, 9.17) is 9.66 Å². The number of carbonyl (C=O) groups excluding carboxylic acids is 2. The van der Waals surface area contributed by atoms with Crippen LogP contribution in [0.15, 0.2) is 24.3 Å². The third kappa shape index (κ3) is 5.62. The lowest BCUT2D eigenvalue weighted by atomic mass is 10.0. The molecule has 0 aliphatic rings. The van der Waals surface area contributed by atoms with Gasteiger partial charge in [-0.3, -0.25) is 14.1 Å². The third-order valence-electron chi connectivity index (χ3n) is 2.76. The van der Waals surface area contributed by atoms with Crippen molar-refractivity contribution in [1.29, 1.82) is 0 Å². The molecule has 1 aromatic carbocycles. The van der Waals surface area contributed by atoms with E-state index in [1.54, 1.807) is 12.1 Å². The highest BCUT2D eigenvalue weighted by molar-refractivity contribution is 7.85. The summed E-state index contributed by atoms with van der Waals surface area (Å²) in [4.78, 5) is 34.1. The van der Waals surface area contributed by atoms with Gasteiger partial charge in [0.2, 0.25) is 5.91 Å². The number of amides is 1. The summed E-state index contributed by atoms with van der Waals surface area (Å²) in [7, 11) is -4.56. The number of hydrogen-bond donors (Lipinski definition) is 3. The predicted molar refractivity (Wildman–Crippen MR) is 76.1 cm³/mol. The standard InChI is InChI=1S/C13H15NO7S/c1-8(15)10-5-3-2-4-9(10)6-12(16)14-11(13(17)18)7-22(19,20)21/h2-5,11H,6-7H2,1H3,(H,14,16)(H,17,18)(H,19,20,21). The van der Waals surface area contributed by atoms with Gasteiger partial charge in [-0.05, 0) is 12.5 Å². The minimum absolute atomic E-state index is 0.254. The smallest absolute Gasteiger partial charge is 0.327 e. The van der Waals surface area contributed by atoms with Gasteiger partial charge in [0.05, 0.1) is 6.42 Å². The lowest BCUT2D eigenvalue weighted by Gasteiger charge is -2.13. The molecular weight excluding hydrogens is 314 g/mol. The highest BCUT2D eigenvalue weighted by Crippen LogP contribution is 2.10. The monoisotopic (exact) mass is 329 g/mol. The van der Waals surface area contributed by atoms with Crippen LogP contribution in [0.4, 0.5) is 0 Å². The van der Waals surface area contributed by atoms with E-state index in [0.29, 0.717) is 11.1 Å². The van der Waals surface area contributed by atoms with Gasteiger partial charge in [0, 0.05) is 5.56 Å². The lowest BCUT2D eigenvalue weighted by molar-refractivity contribution is -0.141. The van der Waals surface area contributed by atoms with Crippen LogP contribution in [0.5, 0.6) is 0 Å². The maximum absolute atomic E-state index is 11.8. The van der Waals surface area contributed by atoms with Crippen molar-refractivity contribution in [3.63, 3.8) is 0 Å². The normalized spacial score (nSPS) is 12.5. The predicted octanol–water partition coefficient (Wildman–Crippen LogP) is -0.111. The quantitative estimate of drug-likeness (QED) is 0.468. The molecule has 0 spiro atoms. The molecule has 0 fully saturated rings. The summed E-state index contributed by atoms with van der Waals surface area (Å²) in [5, 5.41) is 10.8. The van der Waals surface area contributed by atoms with Crippen LogP contribution in [0.25, 0.3) is 0 Å². The van der Waals surface area contributed by atoms with Crippen molar-refractivity contribution < 1.29 is 32.5 Å². The summed E-state index contributed by atoms with van der Waals surface area (Å²) < 4.78 is 30.1. The number of Topliss-reactive ketones (excluding diaryl/α,β-unsaturated/α-hetero) is 1. The molecular formula is C13H15NO7S. The van der Waals surface area contributed by atoms with Crippen LogP contribution in [-0.4, -0.2) is 47.5 Å². The molecule has 0 aliphatic heterocycles. The first kappa shape index (κ1) is 17.8. The van der Waals surface area contributed by atoms with Gasteiger partial charge >= 0.3 is 5.97 Å². The van der Waals surface area contributed by atoms with Crippen LogP contribution >= 0.6 is 0 Å². The number of aliphatic carboxylic acids is 1. The van der Waals surface area contributed by atoms with Crippen molar-refractivity contribution in [1.82, 2.24) is 5.32 Å². The SMILES string of the molecule is CC(=O)c1ccccc1CC(=O)NC(CS(=O)(=O)O)C(=O)O. The molecule has 1 atom stereocenters. The van der Waals surface area contributed by atoms with Gasteiger partial charge in [-0.1, -0.05) is 24.3 Å². The molecule has 0 aliphatic carbocycles. The van der Waals surface area contributed by atoms with Gasteiger partial charge in [-0.25, -0.2) is 4.79 Å². The first-order valence-corrected chi connectivity index (χ1v) is 7.77. The minimum Gasteiger partial charge on any atom is -0.480 e. The van der Waals surface area contributed by atoms with E-state index < -0.39 is 33.8 Å². The second kappa shape index (κ2) is 7.14. The molecule has 120 valence electrons. The summed E-state index contributed by atoms with van der Waals surface area (Å²) in [6.45, 7) is 1.33. The summed E-state index contributed by atoms with van der Waals surface area (Å²) in [5.41, 5.74) is 0.711. The fourth-order valence-corrected chi connectivity index (χ4v) is 2.47. The van der Waals surface area contributed by atoms with Crippen molar-refractivity contribution >= 4 is 27.8 Å². The zero-order valence-corrected chi connectivity index (χ0v) is 12.5. The van der Waals surface area contributed by atoms with Gasteiger partial charge < -0.3 is 10.4 Å². The first-order chi connectivity index (χ1) is 10.1. The highest BCUT2D eigenvalue weighted by Gasteiger charge is 2.26. The minimum atomic E-state index is -4.56. The average Bonchev–Trinajstić information content (AvgIpc) is 2.36. The molecule has 1 amide bonds. The molecule has 3 N–H and O–H groups in total. The van der Waals surface area contributed by atoms with Crippen molar-refractivity contribution in [3.05, 3.63) is 35.4 Å². The molecule has 0 saturated carbocycles. The second-order valence-corrected chi connectivity index (χ2v) is 6.09. The largest absolute Gasteiger partial charge is 0.480 e. The Balaban J connectivity index is 2.85. The van der Waals surface area contributed by atoms with Gasteiger partial charge in [-0.2, -0.15) is 8.42 Å². The highest BCUT2D eigenvalue weighted by atomic mass is 32.2. The molecule has 0 saturated heterocycles. The van der Waals surface area contributed by atoms with Gasteiger partial charge in [0.25, 0.3) is 10.1 Å². The van der Waals surface area contributed by atoms with E-state index in [2.05, 4.69) is 0 Å². The molecule has 0 heterocycles. The average molecular weight is 329 g/mol. The number of carboxylic acids is 1. The van der Waals surface area contributed by atoms with Crippen LogP contribution < -0.4 is 5.32 Å². The Kier molecular flexibility index (Phi) is 5.77.